The molecule has 4 aromatic rings. The second-order valence-electron chi connectivity index (χ2n) is 7.34. The molecule has 0 saturated heterocycles. The van der Waals surface area contributed by atoms with Gasteiger partial charge in [-0.15, -0.1) is 11.3 Å². The van der Waals surface area contributed by atoms with Crippen molar-refractivity contribution >= 4 is 27.8 Å². The third-order valence-corrected chi connectivity index (χ3v) is 6.54. The number of hydrogen-bond donors (Lipinski definition) is 0. The lowest BCUT2D eigenvalue weighted by molar-refractivity contribution is 0.306. The molecule has 5 rings (SSSR count). The highest BCUT2D eigenvalue weighted by molar-refractivity contribution is 7.18. The molecule has 2 heterocycles. The summed E-state index contributed by atoms with van der Waals surface area (Å²) in [4.78, 5) is 19.7. The Labute approximate surface area is 178 Å². The van der Waals surface area contributed by atoms with Crippen molar-refractivity contribution in [1.82, 2.24) is 9.66 Å². The molecule has 0 N–H and O–H groups in total. The van der Waals surface area contributed by atoms with Crippen LogP contribution in [0.2, 0.25) is 0 Å². The standard InChI is InChI=1S/C24H21N3O2S/c28-24-22-19-11-5-7-13-21(19)30-23(22)25-16-27(24)26-14-18-10-4-6-12-20(18)29-15-17-8-2-1-3-9-17/h1-4,6,8-10,12,14,16H,5,7,11,13,15H2/b26-14-. The van der Waals surface area contributed by atoms with Gasteiger partial charge in [0.15, 0.2) is 0 Å². The summed E-state index contributed by atoms with van der Waals surface area (Å²) in [6.07, 6.45) is 7.49. The van der Waals surface area contributed by atoms with Gasteiger partial charge in [0.2, 0.25) is 0 Å². The number of aromatic nitrogens is 2. The van der Waals surface area contributed by atoms with E-state index in [-0.39, 0.29) is 5.56 Å². The summed E-state index contributed by atoms with van der Waals surface area (Å²) in [6.45, 7) is 0.472. The average molecular weight is 416 g/mol. The number of hydrogen-bond acceptors (Lipinski definition) is 5. The smallest absolute Gasteiger partial charge is 0.282 e. The first-order valence-electron chi connectivity index (χ1n) is 10.1. The Morgan fingerprint density at radius 2 is 1.87 bits per heavy atom. The van der Waals surface area contributed by atoms with Crippen LogP contribution in [-0.4, -0.2) is 15.9 Å². The first-order chi connectivity index (χ1) is 14.8. The molecule has 0 unspecified atom stereocenters. The van der Waals surface area contributed by atoms with Gasteiger partial charge in [-0.1, -0.05) is 42.5 Å². The molecule has 2 aromatic carbocycles. The third kappa shape index (κ3) is 3.66. The summed E-state index contributed by atoms with van der Waals surface area (Å²) in [6, 6.07) is 17.7. The number of nitrogens with zero attached hydrogens (tertiary/aromatic N) is 3. The quantitative estimate of drug-likeness (QED) is 0.440. The van der Waals surface area contributed by atoms with Gasteiger partial charge < -0.3 is 4.74 Å². The summed E-state index contributed by atoms with van der Waals surface area (Å²) in [5, 5.41) is 5.15. The predicted octanol–water partition coefficient (Wildman–Crippen LogP) is 4.80. The lowest BCUT2D eigenvalue weighted by Gasteiger charge is -2.10. The Hall–Kier alpha value is -3.25. The minimum atomic E-state index is -0.0988. The zero-order valence-corrected chi connectivity index (χ0v) is 17.3. The number of benzene rings is 2. The molecule has 1 aliphatic rings. The van der Waals surface area contributed by atoms with Crippen LogP contribution >= 0.6 is 11.3 Å². The van der Waals surface area contributed by atoms with Crippen molar-refractivity contribution in [3.05, 3.63) is 92.8 Å². The van der Waals surface area contributed by atoms with Gasteiger partial charge in [0, 0.05) is 10.4 Å². The van der Waals surface area contributed by atoms with Gasteiger partial charge in [-0.2, -0.15) is 9.78 Å². The maximum Gasteiger partial charge on any atom is 0.282 e. The van der Waals surface area contributed by atoms with Crippen LogP contribution in [0.25, 0.3) is 10.2 Å². The number of aryl methyl sites for hydroxylation is 2. The van der Waals surface area contributed by atoms with Crippen molar-refractivity contribution in [2.45, 2.75) is 32.3 Å². The average Bonchev–Trinajstić information content (AvgIpc) is 3.18. The minimum absolute atomic E-state index is 0.0988. The Morgan fingerprint density at radius 1 is 1.07 bits per heavy atom. The maximum atomic E-state index is 13.1. The molecular weight excluding hydrogens is 394 g/mol. The van der Waals surface area contributed by atoms with Crippen LogP contribution in [0, 0.1) is 0 Å². The minimum Gasteiger partial charge on any atom is -0.488 e. The van der Waals surface area contributed by atoms with E-state index < -0.39 is 0 Å². The number of thiophene rings is 1. The van der Waals surface area contributed by atoms with E-state index in [1.807, 2.05) is 54.6 Å². The van der Waals surface area contributed by atoms with Gasteiger partial charge in [-0.25, -0.2) is 4.98 Å². The van der Waals surface area contributed by atoms with Crippen LogP contribution < -0.4 is 10.3 Å². The fourth-order valence-corrected chi connectivity index (χ4v) is 5.02. The van der Waals surface area contributed by atoms with Gasteiger partial charge in [0.25, 0.3) is 5.56 Å². The fourth-order valence-electron chi connectivity index (χ4n) is 3.80. The number of rotatable bonds is 5. The zero-order valence-electron chi connectivity index (χ0n) is 16.5. The number of ether oxygens (including phenoxy) is 1. The van der Waals surface area contributed by atoms with Gasteiger partial charge in [-0.05, 0) is 48.9 Å². The molecule has 0 radical (unpaired) electrons. The lowest BCUT2D eigenvalue weighted by Crippen LogP contribution is -2.18. The normalized spacial score (nSPS) is 13.6. The van der Waals surface area contributed by atoms with E-state index in [9.17, 15) is 4.79 Å². The molecule has 0 fully saturated rings. The molecule has 0 atom stereocenters. The van der Waals surface area contributed by atoms with Crippen LogP contribution in [0.5, 0.6) is 5.75 Å². The van der Waals surface area contributed by atoms with Crippen molar-refractivity contribution in [2.24, 2.45) is 5.10 Å². The monoisotopic (exact) mass is 415 g/mol. The van der Waals surface area contributed by atoms with Crippen molar-refractivity contribution < 1.29 is 4.74 Å². The third-order valence-electron chi connectivity index (χ3n) is 5.34. The highest BCUT2D eigenvalue weighted by Gasteiger charge is 2.19. The molecule has 1 aliphatic carbocycles. The van der Waals surface area contributed by atoms with Gasteiger partial charge in [-0.3, -0.25) is 4.79 Å². The van der Waals surface area contributed by atoms with E-state index >= 15 is 0 Å². The van der Waals surface area contributed by atoms with Crippen LogP contribution in [-0.2, 0) is 19.4 Å². The SMILES string of the molecule is O=c1c2c3c(sc2ncn1/N=C\c1ccccc1OCc1ccccc1)CCCC3. The summed E-state index contributed by atoms with van der Waals surface area (Å²) < 4.78 is 7.31. The van der Waals surface area contributed by atoms with E-state index in [0.717, 1.165) is 46.4 Å². The molecule has 0 spiro atoms. The summed E-state index contributed by atoms with van der Waals surface area (Å²) in [5.74, 6) is 0.722. The molecule has 150 valence electrons. The Morgan fingerprint density at radius 3 is 2.77 bits per heavy atom. The molecule has 6 heteroatoms. The van der Waals surface area contributed by atoms with Crippen LogP contribution in [0.1, 0.15) is 34.4 Å². The molecular formula is C24H21N3O2S. The largest absolute Gasteiger partial charge is 0.488 e. The topological polar surface area (TPSA) is 56.5 Å². The molecule has 0 saturated carbocycles. The van der Waals surface area contributed by atoms with Gasteiger partial charge in [0.1, 0.15) is 23.5 Å². The molecule has 0 bridgehead atoms. The van der Waals surface area contributed by atoms with E-state index in [1.54, 1.807) is 17.6 Å². The first-order valence-corrected chi connectivity index (χ1v) is 10.9. The zero-order chi connectivity index (χ0) is 20.3. The van der Waals surface area contributed by atoms with Crippen molar-refractivity contribution in [3.8, 4) is 5.75 Å². The van der Waals surface area contributed by atoms with Crippen LogP contribution in [0.4, 0.5) is 0 Å². The molecule has 0 amide bonds. The van der Waals surface area contributed by atoms with E-state index in [4.69, 9.17) is 4.74 Å². The van der Waals surface area contributed by atoms with Crippen molar-refractivity contribution in [3.63, 3.8) is 0 Å². The fraction of sp³-hybridized carbons (Fsp3) is 0.208. The second kappa shape index (κ2) is 8.24. The lowest BCUT2D eigenvalue weighted by atomic mass is 9.97. The number of fused-ring (bicyclic) bond motifs is 3. The van der Waals surface area contributed by atoms with E-state index in [2.05, 4.69) is 10.1 Å². The molecule has 30 heavy (non-hydrogen) atoms. The van der Waals surface area contributed by atoms with Gasteiger partial charge >= 0.3 is 0 Å². The van der Waals surface area contributed by atoms with E-state index in [0.29, 0.717) is 6.61 Å². The van der Waals surface area contributed by atoms with Crippen LogP contribution in [0.15, 0.2) is 70.8 Å². The maximum absolute atomic E-state index is 13.1. The predicted molar refractivity (Wildman–Crippen MR) is 121 cm³/mol. The molecule has 2 aromatic heterocycles. The Kier molecular flexibility index (Phi) is 5.15. The molecule has 5 nitrogen and oxygen atoms in total. The Balaban J connectivity index is 1.44. The highest BCUT2D eigenvalue weighted by atomic mass is 32.1. The highest BCUT2D eigenvalue weighted by Crippen LogP contribution is 2.33. The van der Waals surface area contributed by atoms with E-state index in [1.165, 1.54) is 27.9 Å². The van der Waals surface area contributed by atoms with Crippen molar-refractivity contribution in [1.29, 1.82) is 0 Å². The summed E-state index contributed by atoms with van der Waals surface area (Å²) in [7, 11) is 0. The van der Waals surface area contributed by atoms with Gasteiger partial charge in [0.05, 0.1) is 11.6 Å². The summed E-state index contributed by atoms with van der Waals surface area (Å²) >= 11 is 1.65. The molecule has 0 aliphatic heterocycles. The Bertz CT molecular complexity index is 1270. The van der Waals surface area contributed by atoms with Crippen LogP contribution in [0.3, 0.4) is 0 Å². The number of para-hydroxylation sites is 1. The second-order valence-corrected chi connectivity index (χ2v) is 8.43. The first kappa shape index (κ1) is 18.8. The summed E-state index contributed by atoms with van der Waals surface area (Å²) in [5.41, 5.74) is 2.98. The van der Waals surface area contributed by atoms with Crippen molar-refractivity contribution in [2.75, 3.05) is 0 Å².